The molecule has 126 valence electrons. The van der Waals surface area contributed by atoms with Crippen molar-refractivity contribution < 1.29 is 9.59 Å². The Morgan fingerprint density at radius 2 is 1.91 bits per heavy atom. The highest BCUT2D eigenvalue weighted by molar-refractivity contribution is 6.42. The second-order valence-corrected chi connectivity index (χ2v) is 6.76. The van der Waals surface area contributed by atoms with E-state index in [1.165, 1.54) is 4.90 Å². The molecule has 1 aromatic rings. The number of nitrogens with zero attached hydrogens (tertiary/aromatic N) is 2. The van der Waals surface area contributed by atoms with Crippen LogP contribution < -0.4 is 5.32 Å². The van der Waals surface area contributed by atoms with E-state index in [0.29, 0.717) is 22.6 Å². The molecule has 1 saturated carbocycles. The first-order chi connectivity index (χ1) is 10.9. The fourth-order valence-electron chi connectivity index (χ4n) is 2.17. The van der Waals surface area contributed by atoms with E-state index in [0.717, 1.165) is 18.4 Å². The molecule has 1 N–H and O–H groups in total. The fourth-order valence-corrected chi connectivity index (χ4v) is 2.55. The van der Waals surface area contributed by atoms with E-state index in [2.05, 4.69) is 5.32 Å². The number of amides is 2. The van der Waals surface area contributed by atoms with Crippen molar-refractivity contribution in [2.24, 2.45) is 0 Å². The zero-order valence-corrected chi connectivity index (χ0v) is 14.8. The van der Waals surface area contributed by atoms with Gasteiger partial charge in [0.1, 0.15) is 0 Å². The second kappa shape index (κ2) is 7.99. The van der Waals surface area contributed by atoms with Gasteiger partial charge in [-0.15, -0.1) is 0 Å². The Balaban J connectivity index is 1.81. The predicted molar refractivity (Wildman–Crippen MR) is 91.6 cm³/mol. The van der Waals surface area contributed by atoms with Gasteiger partial charge in [0.25, 0.3) is 0 Å². The van der Waals surface area contributed by atoms with Crippen LogP contribution in [0.4, 0.5) is 0 Å². The fraction of sp³-hybridized carbons (Fsp3) is 0.500. The molecule has 0 heterocycles. The van der Waals surface area contributed by atoms with Crippen LogP contribution in [0.3, 0.4) is 0 Å². The van der Waals surface area contributed by atoms with Gasteiger partial charge in [0.15, 0.2) is 0 Å². The Bertz CT molecular complexity index is 591. The highest BCUT2D eigenvalue weighted by Gasteiger charge is 2.24. The van der Waals surface area contributed by atoms with Crippen molar-refractivity contribution in [3.05, 3.63) is 33.8 Å². The summed E-state index contributed by atoms with van der Waals surface area (Å²) in [6, 6.07) is 5.74. The summed E-state index contributed by atoms with van der Waals surface area (Å²) in [4.78, 5) is 27.2. The van der Waals surface area contributed by atoms with Crippen LogP contribution >= 0.6 is 23.2 Å². The van der Waals surface area contributed by atoms with Gasteiger partial charge >= 0.3 is 0 Å². The molecule has 0 aromatic heterocycles. The average Bonchev–Trinajstić information content (AvgIpc) is 3.27. The van der Waals surface area contributed by atoms with Crippen LogP contribution in [0.15, 0.2) is 18.2 Å². The molecule has 2 amide bonds. The van der Waals surface area contributed by atoms with Gasteiger partial charge < -0.3 is 10.2 Å². The van der Waals surface area contributed by atoms with Crippen LogP contribution in [0, 0.1) is 0 Å². The molecule has 5 nitrogen and oxygen atoms in total. The molecule has 0 saturated heterocycles. The first kappa shape index (κ1) is 18.0. The smallest absolute Gasteiger partial charge is 0.239 e. The van der Waals surface area contributed by atoms with Crippen LogP contribution in [0.5, 0.6) is 0 Å². The summed E-state index contributed by atoms with van der Waals surface area (Å²) in [5.41, 5.74) is 0.864. The van der Waals surface area contributed by atoms with Crippen LogP contribution in [0.25, 0.3) is 0 Å². The van der Waals surface area contributed by atoms with Gasteiger partial charge in [-0.25, -0.2) is 0 Å². The molecule has 1 aliphatic carbocycles. The largest absolute Gasteiger partial charge is 0.352 e. The summed E-state index contributed by atoms with van der Waals surface area (Å²) in [5.74, 6) is -0.222. The molecule has 1 aliphatic rings. The molecule has 0 spiro atoms. The first-order valence-electron chi connectivity index (χ1n) is 7.51. The summed E-state index contributed by atoms with van der Waals surface area (Å²) in [6.07, 6.45) is 2.07. The van der Waals surface area contributed by atoms with Gasteiger partial charge in [0, 0.05) is 19.6 Å². The number of likely N-dealkylation sites (N-methyl/N-ethyl adjacent to an activating group) is 2. The van der Waals surface area contributed by atoms with Crippen molar-refractivity contribution in [1.29, 1.82) is 0 Å². The third-order valence-electron chi connectivity index (χ3n) is 3.63. The summed E-state index contributed by atoms with van der Waals surface area (Å²) in [6.45, 7) is 0.796. The SMILES string of the molecule is CN(CC(=O)N(C)CC(=O)NC1CC1)Cc1cccc(Cl)c1Cl. The van der Waals surface area contributed by atoms with Crippen molar-refractivity contribution >= 4 is 35.0 Å². The third kappa shape index (κ3) is 5.68. The van der Waals surface area contributed by atoms with E-state index in [1.807, 2.05) is 24.1 Å². The van der Waals surface area contributed by atoms with Crippen molar-refractivity contribution in [1.82, 2.24) is 15.1 Å². The highest BCUT2D eigenvalue weighted by Crippen LogP contribution is 2.26. The van der Waals surface area contributed by atoms with Gasteiger partial charge in [0.05, 0.1) is 23.1 Å². The minimum atomic E-state index is -0.114. The van der Waals surface area contributed by atoms with Crippen LogP contribution in [0.2, 0.25) is 10.0 Å². The van der Waals surface area contributed by atoms with E-state index in [-0.39, 0.29) is 24.9 Å². The topological polar surface area (TPSA) is 52.7 Å². The number of carbonyl (C=O) groups is 2. The van der Waals surface area contributed by atoms with E-state index < -0.39 is 0 Å². The summed E-state index contributed by atoms with van der Waals surface area (Å²) >= 11 is 12.1. The molecule has 1 fully saturated rings. The quantitative estimate of drug-likeness (QED) is 0.813. The van der Waals surface area contributed by atoms with E-state index in [1.54, 1.807) is 13.1 Å². The van der Waals surface area contributed by atoms with Crippen molar-refractivity contribution in [3.8, 4) is 0 Å². The number of carbonyl (C=O) groups excluding carboxylic acids is 2. The van der Waals surface area contributed by atoms with Crippen molar-refractivity contribution in [2.75, 3.05) is 27.2 Å². The maximum absolute atomic E-state index is 12.2. The molecule has 0 aliphatic heterocycles. The zero-order chi connectivity index (χ0) is 17.0. The Morgan fingerprint density at radius 1 is 1.22 bits per heavy atom. The Morgan fingerprint density at radius 3 is 2.57 bits per heavy atom. The highest BCUT2D eigenvalue weighted by atomic mass is 35.5. The number of benzene rings is 1. The lowest BCUT2D eigenvalue weighted by atomic mass is 10.2. The predicted octanol–water partition coefficient (Wildman–Crippen LogP) is 2.16. The van der Waals surface area contributed by atoms with Gasteiger partial charge in [0.2, 0.25) is 11.8 Å². The van der Waals surface area contributed by atoms with Gasteiger partial charge in [-0.05, 0) is 31.5 Å². The molecular formula is C16H21Cl2N3O2. The Kier molecular flexibility index (Phi) is 6.27. The molecule has 0 radical (unpaired) electrons. The third-order valence-corrected chi connectivity index (χ3v) is 4.48. The van der Waals surface area contributed by atoms with E-state index in [4.69, 9.17) is 23.2 Å². The zero-order valence-electron chi connectivity index (χ0n) is 13.3. The Hall–Kier alpha value is -1.30. The molecule has 0 bridgehead atoms. The van der Waals surface area contributed by atoms with Gasteiger partial charge in [-0.2, -0.15) is 0 Å². The maximum atomic E-state index is 12.2. The number of nitrogens with one attached hydrogen (secondary N) is 1. The summed E-state index contributed by atoms with van der Waals surface area (Å²) in [5, 5.41) is 3.87. The Labute approximate surface area is 146 Å². The maximum Gasteiger partial charge on any atom is 0.239 e. The van der Waals surface area contributed by atoms with Gasteiger partial charge in [-0.1, -0.05) is 35.3 Å². The standard InChI is InChI=1S/C16H21Cl2N3O2/c1-20(8-11-4-3-5-13(17)16(11)18)10-15(23)21(2)9-14(22)19-12-6-7-12/h3-5,12H,6-10H2,1-2H3,(H,19,22). The molecule has 23 heavy (non-hydrogen) atoms. The van der Waals surface area contributed by atoms with Crippen molar-refractivity contribution in [3.63, 3.8) is 0 Å². The average molecular weight is 358 g/mol. The summed E-state index contributed by atoms with van der Waals surface area (Å²) in [7, 11) is 3.46. The lowest BCUT2D eigenvalue weighted by molar-refractivity contribution is -0.135. The molecule has 0 atom stereocenters. The minimum absolute atomic E-state index is 0.0844. The van der Waals surface area contributed by atoms with Crippen molar-refractivity contribution in [2.45, 2.75) is 25.4 Å². The molecule has 0 unspecified atom stereocenters. The number of hydrogen-bond acceptors (Lipinski definition) is 3. The number of hydrogen-bond donors (Lipinski definition) is 1. The molecule has 2 rings (SSSR count). The van der Waals surface area contributed by atoms with E-state index >= 15 is 0 Å². The molecule has 1 aromatic carbocycles. The molecule has 7 heteroatoms. The number of rotatable bonds is 7. The number of halogens is 2. The lowest BCUT2D eigenvalue weighted by Gasteiger charge is -2.22. The molecular weight excluding hydrogens is 337 g/mol. The minimum Gasteiger partial charge on any atom is -0.352 e. The monoisotopic (exact) mass is 357 g/mol. The van der Waals surface area contributed by atoms with Crippen LogP contribution in [-0.2, 0) is 16.1 Å². The van der Waals surface area contributed by atoms with Gasteiger partial charge in [-0.3, -0.25) is 14.5 Å². The summed E-state index contributed by atoms with van der Waals surface area (Å²) < 4.78 is 0. The first-order valence-corrected chi connectivity index (χ1v) is 8.27. The van der Waals surface area contributed by atoms with Crippen LogP contribution in [-0.4, -0.2) is 54.8 Å². The normalized spacial score (nSPS) is 14.0. The van der Waals surface area contributed by atoms with Crippen LogP contribution in [0.1, 0.15) is 18.4 Å². The second-order valence-electron chi connectivity index (χ2n) is 5.98. The lowest BCUT2D eigenvalue weighted by Crippen LogP contribution is -2.42. The van der Waals surface area contributed by atoms with E-state index in [9.17, 15) is 9.59 Å².